The molecule has 0 aromatic rings. The fourth-order valence-corrected chi connectivity index (χ4v) is 3.48. The van der Waals surface area contributed by atoms with E-state index in [1.807, 2.05) is 12.2 Å². The Morgan fingerprint density at radius 2 is 1.91 bits per heavy atom. The number of allylic oxidation sites excluding steroid dienone is 5. The molecule has 0 bridgehead atoms. The van der Waals surface area contributed by atoms with E-state index in [0.29, 0.717) is 0 Å². The summed E-state index contributed by atoms with van der Waals surface area (Å²) >= 11 is 0. The molecule has 5 atom stereocenters. The Hall–Kier alpha value is -2.04. The zero-order valence-electron chi connectivity index (χ0n) is 18.5. The van der Waals surface area contributed by atoms with Crippen LogP contribution in [0.15, 0.2) is 60.8 Å². The van der Waals surface area contributed by atoms with Crippen molar-refractivity contribution in [1.29, 1.82) is 0 Å². The van der Waals surface area contributed by atoms with Crippen LogP contribution in [0.1, 0.15) is 46.0 Å². The fourth-order valence-electron chi connectivity index (χ4n) is 2.92. The standard InChI is InChI=1S/C23H34O8S/c1-3-4-5-6-7-8-9-10-11-13-19(24)18(2)21(31-32(27,28)29)14-12-15-22-20(25)16-17-23(26)30-22/h7-13,15-22,24-25H,3-6,14H2,1-2H3,(H,27,28,29)/b8-7?,10-9?,13-11+,15-12?. The number of unbranched alkanes of at least 4 members (excludes halogenated alkanes) is 3. The Labute approximate surface area is 190 Å². The first-order chi connectivity index (χ1) is 15.1. The Morgan fingerprint density at radius 1 is 1.19 bits per heavy atom. The predicted octanol–water partition coefficient (Wildman–Crippen LogP) is 3.21. The lowest BCUT2D eigenvalue weighted by Crippen LogP contribution is -2.33. The van der Waals surface area contributed by atoms with Gasteiger partial charge in [-0.05, 0) is 31.4 Å². The van der Waals surface area contributed by atoms with E-state index < -0.39 is 46.7 Å². The Kier molecular flexibility index (Phi) is 13.0. The van der Waals surface area contributed by atoms with Gasteiger partial charge in [0.05, 0.1) is 12.2 Å². The van der Waals surface area contributed by atoms with E-state index in [4.69, 9.17) is 13.5 Å². The smallest absolute Gasteiger partial charge is 0.397 e. The van der Waals surface area contributed by atoms with E-state index in [2.05, 4.69) is 13.0 Å². The second-order valence-electron chi connectivity index (χ2n) is 7.52. The van der Waals surface area contributed by atoms with Gasteiger partial charge in [-0.2, -0.15) is 8.42 Å². The minimum Gasteiger partial charge on any atom is -0.452 e. The number of hydrogen-bond acceptors (Lipinski definition) is 7. The molecule has 3 N–H and O–H groups in total. The van der Waals surface area contributed by atoms with E-state index in [1.165, 1.54) is 37.1 Å². The molecule has 0 fully saturated rings. The van der Waals surface area contributed by atoms with E-state index in [0.717, 1.165) is 18.9 Å². The van der Waals surface area contributed by atoms with Crippen molar-refractivity contribution in [2.24, 2.45) is 5.92 Å². The molecule has 9 heteroatoms. The minimum atomic E-state index is -4.76. The van der Waals surface area contributed by atoms with E-state index in [1.54, 1.807) is 19.1 Å². The van der Waals surface area contributed by atoms with Crippen LogP contribution in [0.5, 0.6) is 0 Å². The molecule has 1 aliphatic rings. The lowest BCUT2D eigenvalue weighted by Gasteiger charge is -2.25. The third-order valence-electron chi connectivity index (χ3n) is 4.83. The highest BCUT2D eigenvalue weighted by atomic mass is 32.3. The molecule has 0 amide bonds. The van der Waals surface area contributed by atoms with Gasteiger partial charge >= 0.3 is 16.4 Å². The highest BCUT2D eigenvalue weighted by Crippen LogP contribution is 2.20. The molecule has 0 saturated carbocycles. The van der Waals surface area contributed by atoms with Crippen molar-refractivity contribution in [2.75, 3.05) is 0 Å². The van der Waals surface area contributed by atoms with Crippen LogP contribution >= 0.6 is 0 Å². The van der Waals surface area contributed by atoms with Crippen molar-refractivity contribution in [2.45, 2.75) is 70.4 Å². The van der Waals surface area contributed by atoms with Gasteiger partial charge in [-0.15, -0.1) is 0 Å². The van der Waals surface area contributed by atoms with Crippen molar-refractivity contribution < 1.29 is 36.9 Å². The lowest BCUT2D eigenvalue weighted by molar-refractivity contribution is -0.146. The summed E-state index contributed by atoms with van der Waals surface area (Å²) in [5, 5.41) is 20.2. The summed E-state index contributed by atoms with van der Waals surface area (Å²) in [6.07, 6.45) is 16.4. The van der Waals surface area contributed by atoms with Gasteiger partial charge in [-0.3, -0.25) is 4.55 Å². The van der Waals surface area contributed by atoms with Crippen molar-refractivity contribution in [3.8, 4) is 0 Å². The summed E-state index contributed by atoms with van der Waals surface area (Å²) in [4.78, 5) is 11.3. The summed E-state index contributed by atoms with van der Waals surface area (Å²) in [5.41, 5.74) is 0. The van der Waals surface area contributed by atoms with Crippen LogP contribution in [0.25, 0.3) is 0 Å². The number of ether oxygens (including phenoxy) is 1. The van der Waals surface area contributed by atoms with Crippen LogP contribution in [0.4, 0.5) is 0 Å². The number of carbonyl (C=O) groups excluding carboxylic acids is 1. The molecule has 0 radical (unpaired) electrons. The second kappa shape index (κ2) is 14.9. The van der Waals surface area contributed by atoms with Crippen LogP contribution in [0.3, 0.4) is 0 Å². The first kappa shape index (κ1) is 28.0. The van der Waals surface area contributed by atoms with Crippen molar-refractivity contribution in [1.82, 2.24) is 0 Å². The molecular weight excluding hydrogens is 436 g/mol. The molecule has 0 aromatic heterocycles. The second-order valence-corrected chi connectivity index (χ2v) is 8.57. The number of rotatable bonds is 14. The highest BCUT2D eigenvalue weighted by Gasteiger charge is 2.28. The Morgan fingerprint density at radius 3 is 2.59 bits per heavy atom. The third kappa shape index (κ3) is 12.1. The van der Waals surface area contributed by atoms with Crippen LogP contribution < -0.4 is 0 Å². The molecular formula is C23H34O8S. The van der Waals surface area contributed by atoms with Gasteiger partial charge in [0.15, 0.2) is 0 Å². The monoisotopic (exact) mass is 470 g/mol. The van der Waals surface area contributed by atoms with Crippen LogP contribution in [-0.2, 0) is 24.1 Å². The maximum atomic E-state index is 11.3. The van der Waals surface area contributed by atoms with Gasteiger partial charge < -0.3 is 14.9 Å². The predicted molar refractivity (Wildman–Crippen MR) is 122 cm³/mol. The molecule has 0 saturated heterocycles. The zero-order valence-corrected chi connectivity index (χ0v) is 19.3. The average molecular weight is 471 g/mol. The normalized spacial score (nSPS) is 22.8. The summed E-state index contributed by atoms with van der Waals surface area (Å²) in [5.74, 6) is -1.30. The van der Waals surface area contributed by atoms with Gasteiger partial charge in [0.1, 0.15) is 12.2 Å². The van der Waals surface area contributed by atoms with Gasteiger partial charge in [-0.1, -0.05) is 69.2 Å². The van der Waals surface area contributed by atoms with Crippen molar-refractivity contribution >= 4 is 16.4 Å². The van der Waals surface area contributed by atoms with E-state index in [9.17, 15) is 23.4 Å². The van der Waals surface area contributed by atoms with Crippen LogP contribution in [0.2, 0.25) is 0 Å². The largest absolute Gasteiger partial charge is 0.452 e. The first-order valence-electron chi connectivity index (χ1n) is 10.7. The molecule has 0 spiro atoms. The summed E-state index contributed by atoms with van der Waals surface area (Å²) in [6.45, 7) is 3.73. The molecule has 1 aliphatic heterocycles. The number of hydrogen-bond donors (Lipinski definition) is 3. The lowest BCUT2D eigenvalue weighted by atomic mass is 9.95. The van der Waals surface area contributed by atoms with E-state index >= 15 is 0 Å². The van der Waals surface area contributed by atoms with Gasteiger partial charge in [0, 0.05) is 12.0 Å². The molecule has 0 aliphatic carbocycles. The summed E-state index contributed by atoms with van der Waals surface area (Å²) in [6, 6.07) is 0. The molecule has 5 unspecified atom stereocenters. The summed E-state index contributed by atoms with van der Waals surface area (Å²) < 4.78 is 41.2. The number of carbonyl (C=O) groups is 1. The maximum Gasteiger partial charge on any atom is 0.397 e. The molecule has 32 heavy (non-hydrogen) atoms. The first-order valence-corrected chi connectivity index (χ1v) is 12.1. The number of aliphatic hydroxyl groups is 2. The molecule has 1 rings (SSSR count). The quantitative estimate of drug-likeness (QED) is 0.116. The fraction of sp³-hybridized carbons (Fsp3) is 0.522. The highest BCUT2D eigenvalue weighted by molar-refractivity contribution is 7.80. The zero-order chi connectivity index (χ0) is 24.0. The van der Waals surface area contributed by atoms with Crippen LogP contribution in [0, 0.1) is 5.92 Å². The van der Waals surface area contributed by atoms with Gasteiger partial charge in [0.2, 0.25) is 0 Å². The van der Waals surface area contributed by atoms with Crippen LogP contribution in [-0.4, -0.2) is 53.6 Å². The molecule has 8 nitrogen and oxygen atoms in total. The molecule has 1 heterocycles. The van der Waals surface area contributed by atoms with Gasteiger partial charge in [0.25, 0.3) is 0 Å². The number of esters is 1. The molecule has 0 aromatic carbocycles. The SMILES string of the molecule is CCCCCC=CC=C/C=C/C(O)C(C)C(CC=CC1OC(=O)C=CC1O)OS(=O)(=O)O. The number of aliphatic hydroxyl groups excluding tert-OH is 2. The topological polar surface area (TPSA) is 130 Å². The maximum absolute atomic E-state index is 11.3. The molecule has 180 valence electrons. The van der Waals surface area contributed by atoms with Crippen molar-refractivity contribution in [3.63, 3.8) is 0 Å². The van der Waals surface area contributed by atoms with Crippen molar-refractivity contribution in [3.05, 3.63) is 60.8 Å². The third-order valence-corrected chi connectivity index (χ3v) is 5.33. The van der Waals surface area contributed by atoms with Gasteiger partial charge in [-0.25, -0.2) is 8.98 Å². The summed E-state index contributed by atoms with van der Waals surface area (Å²) in [7, 11) is -4.76. The Balaban J connectivity index is 2.67. The minimum absolute atomic E-state index is 0.0212. The Bertz CT molecular complexity index is 810. The average Bonchev–Trinajstić information content (AvgIpc) is 2.72. The number of cyclic esters (lactones) is 1. The van der Waals surface area contributed by atoms with E-state index in [-0.39, 0.29) is 6.42 Å².